The molecule has 4 heteroatoms. The van der Waals surface area contributed by atoms with E-state index >= 15 is 0 Å². The molecule has 0 amide bonds. The molecule has 0 aromatic carbocycles. The SMILES string of the molecule is CC1(C)CCC(Cn2ccnc2CCN)O1. The third kappa shape index (κ3) is 2.62. The maximum Gasteiger partial charge on any atom is 0.109 e. The summed E-state index contributed by atoms with van der Waals surface area (Å²) in [4.78, 5) is 4.31. The summed E-state index contributed by atoms with van der Waals surface area (Å²) in [5, 5.41) is 0. The van der Waals surface area contributed by atoms with E-state index < -0.39 is 0 Å². The fourth-order valence-electron chi connectivity index (χ4n) is 2.29. The van der Waals surface area contributed by atoms with E-state index in [0.29, 0.717) is 12.6 Å². The molecule has 4 nitrogen and oxygen atoms in total. The van der Waals surface area contributed by atoms with E-state index in [9.17, 15) is 0 Å². The Morgan fingerprint density at radius 1 is 1.62 bits per heavy atom. The molecular formula is C12H21N3O. The van der Waals surface area contributed by atoms with Crippen LogP contribution in [0.5, 0.6) is 0 Å². The standard InChI is InChI=1S/C12H21N3O/c1-12(2)5-3-10(16-12)9-15-8-7-14-11(15)4-6-13/h7-8,10H,3-6,9,13H2,1-2H3. The lowest BCUT2D eigenvalue weighted by atomic mass is 10.1. The summed E-state index contributed by atoms with van der Waals surface area (Å²) >= 11 is 0. The maximum atomic E-state index is 5.98. The lowest BCUT2D eigenvalue weighted by Gasteiger charge is -2.20. The van der Waals surface area contributed by atoms with E-state index in [1.54, 1.807) is 0 Å². The Labute approximate surface area is 96.8 Å². The van der Waals surface area contributed by atoms with Crippen LogP contribution in [-0.4, -0.2) is 27.8 Å². The van der Waals surface area contributed by atoms with Crippen molar-refractivity contribution in [2.75, 3.05) is 6.54 Å². The maximum absolute atomic E-state index is 5.98. The molecule has 1 atom stereocenters. The van der Waals surface area contributed by atoms with Gasteiger partial charge in [-0.2, -0.15) is 0 Å². The van der Waals surface area contributed by atoms with Crippen LogP contribution in [-0.2, 0) is 17.7 Å². The van der Waals surface area contributed by atoms with Crippen molar-refractivity contribution in [3.8, 4) is 0 Å². The fourth-order valence-corrected chi connectivity index (χ4v) is 2.29. The Morgan fingerprint density at radius 3 is 3.06 bits per heavy atom. The summed E-state index contributed by atoms with van der Waals surface area (Å²) in [5.41, 5.74) is 5.60. The zero-order valence-corrected chi connectivity index (χ0v) is 10.1. The average molecular weight is 223 g/mol. The summed E-state index contributed by atoms with van der Waals surface area (Å²) in [6.07, 6.45) is 7.28. The van der Waals surface area contributed by atoms with Gasteiger partial charge in [-0.1, -0.05) is 0 Å². The molecule has 1 saturated heterocycles. The topological polar surface area (TPSA) is 53.1 Å². The first-order valence-corrected chi connectivity index (χ1v) is 5.98. The molecular weight excluding hydrogens is 202 g/mol. The molecule has 1 fully saturated rings. The van der Waals surface area contributed by atoms with Gasteiger partial charge in [-0.15, -0.1) is 0 Å². The summed E-state index contributed by atoms with van der Waals surface area (Å²) in [7, 11) is 0. The molecule has 0 aliphatic carbocycles. The molecule has 0 saturated carbocycles. The quantitative estimate of drug-likeness (QED) is 0.838. The fraction of sp³-hybridized carbons (Fsp3) is 0.750. The summed E-state index contributed by atoms with van der Waals surface area (Å²) in [6, 6.07) is 0. The largest absolute Gasteiger partial charge is 0.370 e. The molecule has 2 heterocycles. The second-order valence-electron chi connectivity index (χ2n) is 5.07. The summed E-state index contributed by atoms with van der Waals surface area (Å²) in [5.74, 6) is 1.07. The van der Waals surface area contributed by atoms with Crippen LogP contribution >= 0.6 is 0 Å². The minimum Gasteiger partial charge on any atom is -0.370 e. The van der Waals surface area contributed by atoms with Crippen LogP contribution in [0.3, 0.4) is 0 Å². The van der Waals surface area contributed by atoms with Crippen molar-refractivity contribution in [3.05, 3.63) is 18.2 Å². The van der Waals surface area contributed by atoms with Crippen molar-refractivity contribution >= 4 is 0 Å². The van der Waals surface area contributed by atoms with E-state index in [1.165, 1.54) is 0 Å². The Morgan fingerprint density at radius 2 is 2.44 bits per heavy atom. The first-order valence-electron chi connectivity index (χ1n) is 5.98. The first kappa shape index (κ1) is 11.6. The minimum atomic E-state index is 0.0410. The third-order valence-electron chi connectivity index (χ3n) is 3.12. The molecule has 0 radical (unpaired) electrons. The van der Waals surface area contributed by atoms with Crippen LogP contribution in [0.2, 0.25) is 0 Å². The van der Waals surface area contributed by atoms with Crippen LogP contribution in [0.4, 0.5) is 0 Å². The highest BCUT2D eigenvalue weighted by atomic mass is 16.5. The lowest BCUT2D eigenvalue weighted by molar-refractivity contribution is -0.0219. The monoisotopic (exact) mass is 223 g/mol. The van der Waals surface area contributed by atoms with E-state index in [0.717, 1.165) is 31.6 Å². The molecule has 90 valence electrons. The van der Waals surface area contributed by atoms with Gasteiger partial charge in [0, 0.05) is 18.8 Å². The highest BCUT2D eigenvalue weighted by Gasteiger charge is 2.31. The third-order valence-corrected chi connectivity index (χ3v) is 3.12. The van der Waals surface area contributed by atoms with E-state index in [1.807, 2.05) is 12.4 Å². The highest BCUT2D eigenvalue weighted by molar-refractivity contribution is 4.94. The molecule has 2 N–H and O–H groups in total. The Kier molecular flexibility index (Phi) is 3.30. The van der Waals surface area contributed by atoms with Gasteiger partial charge in [-0.05, 0) is 33.2 Å². The van der Waals surface area contributed by atoms with Crippen molar-refractivity contribution < 1.29 is 4.74 Å². The molecule has 1 aromatic rings. The smallest absolute Gasteiger partial charge is 0.109 e. The predicted molar refractivity (Wildman–Crippen MR) is 63.2 cm³/mol. The highest BCUT2D eigenvalue weighted by Crippen LogP contribution is 2.30. The zero-order valence-electron chi connectivity index (χ0n) is 10.1. The van der Waals surface area contributed by atoms with Gasteiger partial charge in [-0.3, -0.25) is 0 Å². The zero-order chi connectivity index (χ0) is 11.6. The van der Waals surface area contributed by atoms with Gasteiger partial charge < -0.3 is 15.0 Å². The molecule has 2 rings (SSSR count). The molecule has 0 spiro atoms. The second kappa shape index (κ2) is 4.55. The van der Waals surface area contributed by atoms with E-state index in [-0.39, 0.29) is 5.60 Å². The average Bonchev–Trinajstić information content (AvgIpc) is 2.76. The van der Waals surface area contributed by atoms with E-state index in [4.69, 9.17) is 10.5 Å². The van der Waals surface area contributed by atoms with Gasteiger partial charge in [0.2, 0.25) is 0 Å². The van der Waals surface area contributed by atoms with Crippen LogP contribution < -0.4 is 5.73 Å². The number of ether oxygens (including phenoxy) is 1. The molecule has 1 unspecified atom stereocenters. The van der Waals surface area contributed by atoms with E-state index in [2.05, 4.69) is 23.4 Å². The van der Waals surface area contributed by atoms with Crippen molar-refractivity contribution in [2.24, 2.45) is 5.73 Å². The van der Waals surface area contributed by atoms with Crippen LogP contribution in [0, 0.1) is 0 Å². The van der Waals surface area contributed by atoms with Crippen LogP contribution in [0.15, 0.2) is 12.4 Å². The Balaban J connectivity index is 1.96. The Bertz CT molecular complexity index is 346. The van der Waals surface area contributed by atoms with Gasteiger partial charge >= 0.3 is 0 Å². The van der Waals surface area contributed by atoms with Gasteiger partial charge in [0.15, 0.2) is 0 Å². The number of aromatic nitrogens is 2. The number of rotatable bonds is 4. The summed E-state index contributed by atoms with van der Waals surface area (Å²) < 4.78 is 8.14. The lowest BCUT2D eigenvalue weighted by Crippen LogP contribution is -2.23. The Hall–Kier alpha value is -0.870. The van der Waals surface area contributed by atoms with Gasteiger partial charge in [-0.25, -0.2) is 4.98 Å². The van der Waals surface area contributed by atoms with Gasteiger partial charge in [0.1, 0.15) is 5.82 Å². The molecule has 1 aliphatic rings. The number of hydrogen-bond acceptors (Lipinski definition) is 3. The van der Waals surface area contributed by atoms with Crippen molar-refractivity contribution in [3.63, 3.8) is 0 Å². The minimum absolute atomic E-state index is 0.0410. The van der Waals surface area contributed by atoms with Crippen molar-refractivity contribution in [1.82, 2.24) is 9.55 Å². The van der Waals surface area contributed by atoms with Crippen LogP contribution in [0.1, 0.15) is 32.5 Å². The normalized spacial score (nSPS) is 23.8. The van der Waals surface area contributed by atoms with Crippen molar-refractivity contribution in [2.45, 2.75) is 51.4 Å². The number of hydrogen-bond donors (Lipinski definition) is 1. The number of imidazole rings is 1. The predicted octanol–water partition coefficient (Wildman–Crippen LogP) is 1.34. The molecule has 0 bridgehead atoms. The number of nitrogens with two attached hydrogens (primary N) is 1. The summed E-state index contributed by atoms with van der Waals surface area (Å²) in [6.45, 7) is 5.86. The molecule has 1 aromatic heterocycles. The molecule has 1 aliphatic heterocycles. The van der Waals surface area contributed by atoms with Crippen molar-refractivity contribution in [1.29, 1.82) is 0 Å². The number of nitrogens with zero attached hydrogens (tertiary/aromatic N) is 2. The van der Waals surface area contributed by atoms with Crippen LogP contribution in [0.25, 0.3) is 0 Å². The van der Waals surface area contributed by atoms with Gasteiger partial charge in [0.25, 0.3) is 0 Å². The second-order valence-corrected chi connectivity index (χ2v) is 5.07. The molecule has 16 heavy (non-hydrogen) atoms. The first-order chi connectivity index (χ1) is 7.61. The van der Waals surface area contributed by atoms with Gasteiger partial charge in [0.05, 0.1) is 18.2 Å².